The summed E-state index contributed by atoms with van der Waals surface area (Å²) in [5.41, 5.74) is 7.59. The van der Waals surface area contributed by atoms with E-state index in [0.29, 0.717) is 24.8 Å². The molecule has 1 aliphatic rings. The summed E-state index contributed by atoms with van der Waals surface area (Å²) in [5.74, 6) is 1.18. The number of aryl methyl sites for hydroxylation is 1. The Kier molecular flexibility index (Phi) is 5.78. The van der Waals surface area contributed by atoms with Gasteiger partial charge in [-0.25, -0.2) is 0 Å². The Labute approximate surface area is 146 Å². The molecule has 3 rings (SSSR count). The number of hydrogen-bond donors (Lipinski definition) is 2. The maximum Gasteiger partial charge on any atom is 0.257 e. The Morgan fingerprint density at radius 1 is 1.32 bits per heavy atom. The van der Waals surface area contributed by atoms with Crippen molar-refractivity contribution in [1.82, 2.24) is 15.5 Å². The predicted molar refractivity (Wildman–Crippen MR) is 92.8 cm³/mol. The molecule has 0 spiro atoms. The van der Waals surface area contributed by atoms with Crippen molar-refractivity contribution in [3.8, 4) is 11.5 Å². The fourth-order valence-electron chi connectivity index (χ4n) is 2.84. The van der Waals surface area contributed by atoms with Crippen LogP contribution in [0.2, 0.25) is 0 Å². The number of benzene rings is 1. The molecule has 0 unspecified atom stereocenters. The lowest BCUT2D eigenvalue weighted by molar-refractivity contribution is -0.131. The molecular weight excluding hydrogens is 320 g/mol. The summed E-state index contributed by atoms with van der Waals surface area (Å²) >= 11 is 0. The van der Waals surface area contributed by atoms with E-state index < -0.39 is 0 Å². The molecule has 1 amide bonds. The van der Waals surface area contributed by atoms with Crippen LogP contribution in [0.5, 0.6) is 0 Å². The maximum absolute atomic E-state index is 12.1. The molecule has 1 aliphatic heterocycles. The third-order valence-corrected chi connectivity index (χ3v) is 4.36. The van der Waals surface area contributed by atoms with Crippen molar-refractivity contribution in [3.05, 3.63) is 35.7 Å². The Bertz CT molecular complexity index is 699. The number of hydrogen-bond acceptors (Lipinski definition) is 6. The summed E-state index contributed by atoms with van der Waals surface area (Å²) < 4.78 is 10.8. The van der Waals surface area contributed by atoms with Crippen LogP contribution in [0, 0.1) is 0 Å². The van der Waals surface area contributed by atoms with Gasteiger partial charge in [0, 0.05) is 25.1 Å². The first-order valence-corrected chi connectivity index (χ1v) is 8.74. The van der Waals surface area contributed by atoms with Crippen molar-refractivity contribution in [3.63, 3.8) is 0 Å². The SMILES string of the molecule is CCc1noc(-c2ccc(CCNC(=O)[C@@H]3CC[C@H](CN)O3)cc2)n1. The van der Waals surface area contributed by atoms with Crippen molar-refractivity contribution >= 4 is 5.91 Å². The molecule has 2 heterocycles. The van der Waals surface area contributed by atoms with Crippen LogP contribution in [0.25, 0.3) is 11.5 Å². The minimum atomic E-state index is -0.360. The first-order valence-electron chi connectivity index (χ1n) is 8.74. The standard InChI is InChI=1S/C18H24N4O3/c1-2-16-21-18(25-22-16)13-5-3-12(4-6-13)9-10-20-17(23)15-8-7-14(11-19)24-15/h3-6,14-15H,2,7-11,19H2,1H3,(H,20,23)/t14-,15+/m1/s1. The van der Waals surface area contributed by atoms with Crippen LogP contribution in [0.15, 0.2) is 28.8 Å². The second kappa shape index (κ2) is 8.22. The fraction of sp³-hybridized carbons (Fsp3) is 0.500. The van der Waals surface area contributed by atoms with Crippen molar-refractivity contribution in [1.29, 1.82) is 0 Å². The summed E-state index contributed by atoms with van der Waals surface area (Å²) in [5, 5.41) is 6.83. The lowest BCUT2D eigenvalue weighted by Gasteiger charge is -2.12. The van der Waals surface area contributed by atoms with Gasteiger partial charge in [0.25, 0.3) is 5.89 Å². The van der Waals surface area contributed by atoms with Gasteiger partial charge in [-0.3, -0.25) is 4.79 Å². The summed E-state index contributed by atoms with van der Waals surface area (Å²) in [6.45, 7) is 3.03. The zero-order valence-electron chi connectivity index (χ0n) is 14.4. The Balaban J connectivity index is 1.46. The molecule has 7 nitrogen and oxygen atoms in total. The van der Waals surface area contributed by atoms with E-state index in [1.807, 2.05) is 31.2 Å². The number of carbonyl (C=O) groups is 1. The second-order valence-corrected chi connectivity index (χ2v) is 6.17. The highest BCUT2D eigenvalue weighted by Crippen LogP contribution is 2.19. The molecule has 2 atom stereocenters. The third kappa shape index (κ3) is 4.43. The van der Waals surface area contributed by atoms with Gasteiger partial charge >= 0.3 is 0 Å². The zero-order chi connectivity index (χ0) is 17.6. The lowest BCUT2D eigenvalue weighted by Crippen LogP contribution is -2.36. The molecule has 7 heteroatoms. The minimum absolute atomic E-state index is 0.0150. The number of rotatable bonds is 7. The first-order chi connectivity index (χ1) is 12.2. The summed E-state index contributed by atoms with van der Waals surface area (Å²) in [4.78, 5) is 16.4. The molecule has 0 bridgehead atoms. The largest absolute Gasteiger partial charge is 0.364 e. The highest BCUT2D eigenvalue weighted by Gasteiger charge is 2.29. The molecule has 1 aromatic heterocycles. The number of nitrogens with zero attached hydrogens (tertiary/aromatic N) is 2. The maximum atomic E-state index is 12.1. The van der Waals surface area contributed by atoms with Gasteiger partial charge in [0.15, 0.2) is 5.82 Å². The average Bonchev–Trinajstić information content (AvgIpc) is 3.31. The minimum Gasteiger partial charge on any atom is -0.364 e. The van der Waals surface area contributed by atoms with Crippen LogP contribution >= 0.6 is 0 Å². The highest BCUT2D eigenvalue weighted by atomic mass is 16.5. The number of carbonyl (C=O) groups excluding carboxylic acids is 1. The lowest BCUT2D eigenvalue weighted by atomic mass is 10.1. The van der Waals surface area contributed by atoms with E-state index in [0.717, 1.165) is 36.8 Å². The van der Waals surface area contributed by atoms with Crippen molar-refractivity contribution in [2.24, 2.45) is 5.73 Å². The topological polar surface area (TPSA) is 103 Å². The molecule has 2 aromatic rings. The predicted octanol–water partition coefficient (Wildman–Crippen LogP) is 1.46. The Hall–Kier alpha value is -2.25. The third-order valence-electron chi connectivity index (χ3n) is 4.36. The van der Waals surface area contributed by atoms with E-state index >= 15 is 0 Å². The van der Waals surface area contributed by atoms with Gasteiger partial charge in [0.05, 0.1) is 6.10 Å². The summed E-state index contributed by atoms with van der Waals surface area (Å²) in [7, 11) is 0. The van der Waals surface area contributed by atoms with Gasteiger partial charge in [-0.15, -0.1) is 0 Å². The number of nitrogens with one attached hydrogen (secondary N) is 1. The van der Waals surface area contributed by atoms with Gasteiger partial charge < -0.3 is 20.3 Å². The van der Waals surface area contributed by atoms with Gasteiger partial charge in [-0.05, 0) is 37.0 Å². The summed E-state index contributed by atoms with van der Waals surface area (Å²) in [6, 6.07) is 7.92. The van der Waals surface area contributed by atoms with E-state index in [4.69, 9.17) is 15.0 Å². The van der Waals surface area contributed by atoms with E-state index in [2.05, 4.69) is 15.5 Å². The Morgan fingerprint density at radius 2 is 2.12 bits per heavy atom. The fourth-order valence-corrected chi connectivity index (χ4v) is 2.84. The van der Waals surface area contributed by atoms with E-state index in [9.17, 15) is 4.79 Å². The van der Waals surface area contributed by atoms with Crippen molar-refractivity contribution < 1.29 is 14.1 Å². The number of aromatic nitrogens is 2. The molecule has 134 valence electrons. The molecular formula is C18H24N4O3. The van der Waals surface area contributed by atoms with Crippen LogP contribution in [0.3, 0.4) is 0 Å². The summed E-state index contributed by atoms with van der Waals surface area (Å²) in [6.07, 6.45) is 2.75. The van der Waals surface area contributed by atoms with E-state index in [-0.39, 0.29) is 18.1 Å². The van der Waals surface area contributed by atoms with Crippen molar-refractivity contribution in [2.75, 3.05) is 13.1 Å². The molecule has 0 radical (unpaired) electrons. The smallest absolute Gasteiger partial charge is 0.257 e. The molecule has 0 saturated carbocycles. The van der Waals surface area contributed by atoms with E-state index in [1.54, 1.807) is 0 Å². The number of nitrogens with two attached hydrogens (primary N) is 1. The number of ether oxygens (including phenoxy) is 1. The zero-order valence-corrected chi connectivity index (χ0v) is 14.4. The van der Waals surface area contributed by atoms with Crippen LogP contribution in [-0.2, 0) is 22.4 Å². The molecule has 1 fully saturated rings. The highest BCUT2D eigenvalue weighted by molar-refractivity contribution is 5.81. The molecule has 25 heavy (non-hydrogen) atoms. The number of amides is 1. The Morgan fingerprint density at radius 3 is 2.76 bits per heavy atom. The van der Waals surface area contributed by atoms with Gasteiger partial charge in [0.1, 0.15) is 6.10 Å². The second-order valence-electron chi connectivity index (χ2n) is 6.17. The van der Waals surface area contributed by atoms with Gasteiger partial charge in [-0.2, -0.15) is 4.98 Å². The molecule has 1 aromatic carbocycles. The average molecular weight is 344 g/mol. The van der Waals surface area contributed by atoms with Crippen molar-refractivity contribution in [2.45, 2.75) is 44.8 Å². The van der Waals surface area contributed by atoms with Crippen LogP contribution in [0.4, 0.5) is 0 Å². The first kappa shape index (κ1) is 17.6. The van der Waals surface area contributed by atoms with Crippen LogP contribution < -0.4 is 11.1 Å². The molecule has 0 aliphatic carbocycles. The quantitative estimate of drug-likeness (QED) is 0.788. The molecule has 1 saturated heterocycles. The van der Waals surface area contributed by atoms with E-state index in [1.165, 1.54) is 0 Å². The van der Waals surface area contributed by atoms with Crippen LogP contribution in [-0.4, -0.2) is 41.3 Å². The van der Waals surface area contributed by atoms with Gasteiger partial charge in [0.2, 0.25) is 5.91 Å². The normalized spacial score (nSPS) is 19.9. The van der Waals surface area contributed by atoms with Crippen LogP contribution in [0.1, 0.15) is 31.2 Å². The van der Waals surface area contributed by atoms with Gasteiger partial charge in [-0.1, -0.05) is 24.2 Å². The molecule has 3 N–H and O–H groups in total. The monoisotopic (exact) mass is 344 g/mol.